The maximum atomic E-state index is 12.2. The van der Waals surface area contributed by atoms with Crippen molar-refractivity contribution in [2.75, 3.05) is 13.1 Å². The molecule has 2 amide bonds. The van der Waals surface area contributed by atoms with Crippen LogP contribution in [0, 0.1) is 0 Å². The summed E-state index contributed by atoms with van der Waals surface area (Å²) in [6, 6.07) is 14.5. The fraction of sp³-hybridized carbons (Fsp3) is 0.158. The zero-order chi connectivity index (χ0) is 18.4. The molecule has 3 aromatic rings. The van der Waals surface area contributed by atoms with Gasteiger partial charge in [-0.25, -0.2) is 9.97 Å². The average Bonchev–Trinajstić information content (AvgIpc) is 2.67. The molecule has 6 nitrogen and oxygen atoms in total. The van der Waals surface area contributed by atoms with Gasteiger partial charge in [0.15, 0.2) is 0 Å². The van der Waals surface area contributed by atoms with Crippen LogP contribution in [0.1, 0.15) is 27.3 Å². The van der Waals surface area contributed by atoms with Crippen molar-refractivity contribution in [1.82, 2.24) is 20.6 Å². The van der Waals surface area contributed by atoms with E-state index in [0.717, 1.165) is 10.9 Å². The van der Waals surface area contributed by atoms with Gasteiger partial charge in [0, 0.05) is 24.7 Å². The van der Waals surface area contributed by atoms with E-state index in [-0.39, 0.29) is 17.0 Å². The van der Waals surface area contributed by atoms with E-state index in [2.05, 4.69) is 20.6 Å². The zero-order valence-corrected chi connectivity index (χ0v) is 14.7. The number of nitrogens with one attached hydrogen (secondary N) is 2. The Morgan fingerprint density at radius 1 is 0.923 bits per heavy atom. The molecule has 0 saturated carbocycles. The van der Waals surface area contributed by atoms with Crippen LogP contribution in [0.4, 0.5) is 0 Å². The molecular formula is C19H17ClN4O2. The number of rotatable bonds is 6. The van der Waals surface area contributed by atoms with Gasteiger partial charge in [-0.2, -0.15) is 0 Å². The molecule has 7 heteroatoms. The molecule has 2 heterocycles. The maximum absolute atomic E-state index is 12.2. The van der Waals surface area contributed by atoms with Crippen LogP contribution in [0.2, 0.25) is 5.15 Å². The van der Waals surface area contributed by atoms with Crippen LogP contribution < -0.4 is 10.6 Å². The Labute approximate surface area is 155 Å². The lowest BCUT2D eigenvalue weighted by atomic mass is 10.2. The summed E-state index contributed by atoms with van der Waals surface area (Å²) in [6.07, 6.45) is 2.11. The van der Waals surface area contributed by atoms with Crippen LogP contribution in [0.15, 0.2) is 54.7 Å². The molecule has 0 radical (unpaired) electrons. The molecule has 2 aromatic heterocycles. The van der Waals surface area contributed by atoms with Crippen LogP contribution in [-0.4, -0.2) is 34.9 Å². The molecule has 0 aliphatic heterocycles. The van der Waals surface area contributed by atoms with Gasteiger partial charge < -0.3 is 10.6 Å². The van der Waals surface area contributed by atoms with Gasteiger partial charge in [0.25, 0.3) is 11.8 Å². The van der Waals surface area contributed by atoms with Gasteiger partial charge in [0.2, 0.25) is 0 Å². The van der Waals surface area contributed by atoms with E-state index in [1.54, 1.807) is 18.2 Å². The number of benzene rings is 1. The first kappa shape index (κ1) is 17.8. The fourth-order valence-corrected chi connectivity index (χ4v) is 2.63. The molecule has 0 fully saturated rings. The van der Waals surface area contributed by atoms with Crippen LogP contribution in [0.5, 0.6) is 0 Å². The molecule has 0 aliphatic carbocycles. The topological polar surface area (TPSA) is 84.0 Å². The van der Waals surface area contributed by atoms with Crippen LogP contribution in [0.25, 0.3) is 10.9 Å². The summed E-state index contributed by atoms with van der Waals surface area (Å²) in [7, 11) is 0. The van der Waals surface area contributed by atoms with E-state index >= 15 is 0 Å². The van der Waals surface area contributed by atoms with E-state index in [0.29, 0.717) is 30.8 Å². The van der Waals surface area contributed by atoms with Crippen molar-refractivity contribution < 1.29 is 9.59 Å². The minimum atomic E-state index is -0.286. The summed E-state index contributed by atoms with van der Waals surface area (Å²) in [5.74, 6) is -0.525. The van der Waals surface area contributed by atoms with Gasteiger partial charge >= 0.3 is 0 Å². The van der Waals surface area contributed by atoms with E-state index in [9.17, 15) is 9.59 Å². The van der Waals surface area contributed by atoms with E-state index < -0.39 is 0 Å². The van der Waals surface area contributed by atoms with E-state index in [1.165, 1.54) is 6.20 Å². The van der Waals surface area contributed by atoms with Crippen molar-refractivity contribution in [2.24, 2.45) is 0 Å². The number of carbonyl (C=O) groups excluding carboxylic acids is 2. The van der Waals surface area contributed by atoms with Crippen molar-refractivity contribution in [3.8, 4) is 0 Å². The van der Waals surface area contributed by atoms with Gasteiger partial charge in [0.05, 0.1) is 11.1 Å². The van der Waals surface area contributed by atoms with Crippen molar-refractivity contribution >= 4 is 34.3 Å². The number of para-hydroxylation sites is 1. The van der Waals surface area contributed by atoms with Gasteiger partial charge in [-0.3, -0.25) is 9.59 Å². The normalized spacial score (nSPS) is 10.5. The third-order valence-electron chi connectivity index (χ3n) is 3.76. The summed E-state index contributed by atoms with van der Waals surface area (Å²) in [5, 5.41) is 6.70. The predicted molar refractivity (Wildman–Crippen MR) is 100 cm³/mol. The summed E-state index contributed by atoms with van der Waals surface area (Å²) in [6.45, 7) is 0.837. The lowest BCUT2D eigenvalue weighted by Gasteiger charge is -2.08. The number of nitrogens with zero attached hydrogens (tertiary/aromatic N) is 2. The molecule has 26 heavy (non-hydrogen) atoms. The van der Waals surface area contributed by atoms with Crippen molar-refractivity contribution in [2.45, 2.75) is 6.42 Å². The number of aromatic nitrogens is 2. The lowest BCUT2D eigenvalue weighted by molar-refractivity contribution is 0.0948. The highest BCUT2D eigenvalue weighted by atomic mass is 35.5. The van der Waals surface area contributed by atoms with E-state index in [1.807, 2.05) is 30.3 Å². The SMILES string of the molecule is O=C(NCCCNC(=O)c1cccnc1Cl)c1ccc2ccccc2n1. The first-order chi connectivity index (χ1) is 12.6. The van der Waals surface area contributed by atoms with Gasteiger partial charge in [0.1, 0.15) is 10.8 Å². The Morgan fingerprint density at radius 3 is 2.50 bits per heavy atom. The number of carbonyl (C=O) groups is 2. The minimum absolute atomic E-state index is 0.167. The summed E-state index contributed by atoms with van der Waals surface area (Å²) < 4.78 is 0. The number of hydrogen-bond acceptors (Lipinski definition) is 4. The third-order valence-corrected chi connectivity index (χ3v) is 4.06. The quantitative estimate of drug-likeness (QED) is 0.517. The Morgan fingerprint density at radius 2 is 1.69 bits per heavy atom. The van der Waals surface area contributed by atoms with E-state index in [4.69, 9.17) is 11.6 Å². The number of pyridine rings is 2. The Balaban J connectivity index is 1.45. The molecule has 0 bridgehead atoms. The summed E-state index contributed by atoms with van der Waals surface area (Å²) in [5.41, 5.74) is 1.48. The number of fused-ring (bicyclic) bond motifs is 1. The first-order valence-corrected chi connectivity index (χ1v) is 8.55. The van der Waals surface area contributed by atoms with Crippen molar-refractivity contribution in [3.05, 3.63) is 71.1 Å². The highest BCUT2D eigenvalue weighted by molar-refractivity contribution is 6.32. The second-order valence-electron chi connectivity index (χ2n) is 5.60. The number of hydrogen-bond donors (Lipinski definition) is 2. The van der Waals surface area contributed by atoms with Crippen LogP contribution in [-0.2, 0) is 0 Å². The smallest absolute Gasteiger partial charge is 0.269 e. The summed E-state index contributed by atoms with van der Waals surface area (Å²) >= 11 is 5.87. The van der Waals surface area contributed by atoms with Crippen LogP contribution >= 0.6 is 11.6 Å². The molecule has 0 aliphatic rings. The number of halogens is 1. The maximum Gasteiger partial charge on any atom is 0.269 e. The van der Waals surface area contributed by atoms with Crippen molar-refractivity contribution in [1.29, 1.82) is 0 Å². The van der Waals surface area contributed by atoms with Gasteiger partial charge in [-0.15, -0.1) is 0 Å². The molecule has 1 aromatic carbocycles. The Bertz CT molecular complexity index is 945. The monoisotopic (exact) mass is 368 g/mol. The molecule has 0 unspecified atom stereocenters. The standard InChI is InChI=1S/C19H17ClN4O2/c20-17-14(6-3-10-21-17)18(25)22-11-4-12-23-19(26)16-9-8-13-5-1-2-7-15(13)24-16/h1-3,5-10H,4,11-12H2,(H,22,25)(H,23,26). The van der Waals surface area contributed by atoms with Crippen LogP contribution in [0.3, 0.4) is 0 Å². The minimum Gasteiger partial charge on any atom is -0.352 e. The Kier molecular flexibility index (Phi) is 5.76. The first-order valence-electron chi connectivity index (χ1n) is 8.18. The second kappa shape index (κ2) is 8.40. The lowest BCUT2D eigenvalue weighted by Crippen LogP contribution is -2.30. The average molecular weight is 369 g/mol. The predicted octanol–water partition coefficient (Wildman–Crippen LogP) is 2.83. The van der Waals surface area contributed by atoms with Crippen molar-refractivity contribution in [3.63, 3.8) is 0 Å². The molecular weight excluding hydrogens is 352 g/mol. The Hall–Kier alpha value is -2.99. The second-order valence-corrected chi connectivity index (χ2v) is 5.95. The molecule has 2 N–H and O–H groups in total. The molecule has 0 spiro atoms. The largest absolute Gasteiger partial charge is 0.352 e. The zero-order valence-electron chi connectivity index (χ0n) is 13.9. The molecule has 0 saturated heterocycles. The molecule has 0 atom stereocenters. The van der Waals surface area contributed by atoms with Gasteiger partial charge in [-0.1, -0.05) is 35.9 Å². The molecule has 3 rings (SSSR count). The fourth-order valence-electron chi connectivity index (χ4n) is 2.43. The summed E-state index contributed by atoms with van der Waals surface area (Å²) in [4.78, 5) is 32.4. The molecule has 132 valence electrons. The van der Waals surface area contributed by atoms with Gasteiger partial charge in [-0.05, 0) is 30.7 Å². The third kappa shape index (κ3) is 4.34. The number of amides is 2. The highest BCUT2D eigenvalue weighted by Gasteiger charge is 2.10. The highest BCUT2D eigenvalue weighted by Crippen LogP contribution is 2.12.